The molecule has 1 aromatic rings. The highest BCUT2D eigenvalue weighted by Gasteiger charge is 2.04. The molecule has 0 fully saturated rings. The van der Waals surface area contributed by atoms with Crippen molar-refractivity contribution in [2.24, 2.45) is 0 Å². The molecule has 1 unspecified atom stereocenters. The van der Waals surface area contributed by atoms with Crippen molar-refractivity contribution >= 4 is 11.6 Å². The van der Waals surface area contributed by atoms with Gasteiger partial charge in [0.25, 0.3) is 0 Å². The van der Waals surface area contributed by atoms with Crippen LogP contribution in [-0.4, -0.2) is 5.91 Å². The van der Waals surface area contributed by atoms with Gasteiger partial charge < -0.3 is 5.32 Å². The summed E-state index contributed by atoms with van der Waals surface area (Å²) in [5, 5.41) is 2.96. The molecular weight excluding hydrogens is 234 g/mol. The molecular formula is C17H27NO. The van der Waals surface area contributed by atoms with Crippen molar-refractivity contribution in [1.82, 2.24) is 0 Å². The van der Waals surface area contributed by atoms with Crippen molar-refractivity contribution in [3.05, 3.63) is 29.8 Å². The number of amides is 1. The fourth-order valence-electron chi connectivity index (χ4n) is 2.07. The predicted octanol–water partition coefficient (Wildman–Crippen LogP) is 5.11. The number of carbonyl (C=O) groups excluding carboxylic acids is 1. The van der Waals surface area contributed by atoms with Crippen LogP contribution >= 0.6 is 0 Å². The van der Waals surface area contributed by atoms with Crippen LogP contribution < -0.4 is 5.32 Å². The van der Waals surface area contributed by atoms with Gasteiger partial charge in [-0.3, -0.25) is 4.79 Å². The summed E-state index contributed by atoms with van der Waals surface area (Å²) in [7, 11) is 0. The fraction of sp³-hybridized carbons (Fsp3) is 0.588. The minimum atomic E-state index is 0.132. The first kappa shape index (κ1) is 15.7. The van der Waals surface area contributed by atoms with Crippen molar-refractivity contribution in [2.45, 2.75) is 65.2 Å². The van der Waals surface area contributed by atoms with Gasteiger partial charge in [0.15, 0.2) is 0 Å². The van der Waals surface area contributed by atoms with Crippen molar-refractivity contribution in [3.63, 3.8) is 0 Å². The van der Waals surface area contributed by atoms with E-state index in [-0.39, 0.29) is 5.91 Å². The molecule has 0 aliphatic rings. The SMILES string of the molecule is CCCCCCC(=O)Nc1ccc(C(C)CC)cc1. The van der Waals surface area contributed by atoms with Crippen LogP contribution in [0.5, 0.6) is 0 Å². The Morgan fingerprint density at radius 1 is 1.11 bits per heavy atom. The number of carbonyl (C=O) groups is 1. The van der Waals surface area contributed by atoms with Crippen LogP contribution in [0, 0.1) is 0 Å². The third-order valence-corrected chi connectivity index (χ3v) is 3.63. The molecule has 2 heteroatoms. The molecule has 19 heavy (non-hydrogen) atoms. The number of nitrogens with one attached hydrogen (secondary N) is 1. The van der Waals surface area contributed by atoms with Gasteiger partial charge in [-0.1, -0.05) is 52.2 Å². The normalized spacial score (nSPS) is 12.2. The summed E-state index contributed by atoms with van der Waals surface area (Å²) in [4.78, 5) is 11.7. The lowest BCUT2D eigenvalue weighted by atomic mass is 9.98. The van der Waals surface area contributed by atoms with Crippen molar-refractivity contribution in [2.75, 3.05) is 5.32 Å². The molecule has 0 aliphatic heterocycles. The fourth-order valence-corrected chi connectivity index (χ4v) is 2.07. The molecule has 0 spiro atoms. The summed E-state index contributed by atoms with van der Waals surface area (Å²) in [6.07, 6.45) is 6.34. The molecule has 2 nitrogen and oxygen atoms in total. The first-order chi connectivity index (χ1) is 9.17. The minimum Gasteiger partial charge on any atom is -0.326 e. The highest BCUT2D eigenvalue weighted by molar-refractivity contribution is 5.90. The highest BCUT2D eigenvalue weighted by Crippen LogP contribution is 2.20. The predicted molar refractivity (Wildman–Crippen MR) is 82.5 cm³/mol. The molecule has 0 heterocycles. The number of benzene rings is 1. The number of anilines is 1. The smallest absolute Gasteiger partial charge is 0.224 e. The van der Waals surface area contributed by atoms with E-state index in [9.17, 15) is 4.79 Å². The average molecular weight is 261 g/mol. The standard InChI is InChI=1S/C17H27NO/c1-4-6-7-8-9-17(19)18-16-12-10-15(11-13-16)14(3)5-2/h10-14H,4-9H2,1-3H3,(H,18,19). The maximum absolute atomic E-state index is 11.7. The van der Waals surface area contributed by atoms with E-state index in [4.69, 9.17) is 0 Å². The summed E-state index contributed by atoms with van der Waals surface area (Å²) >= 11 is 0. The monoisotopic (exact) mass is 261 g/mol. The van der Waals surface area contributed by atoms with Gasteiger partial charge in [-0.2, -0.15) is 0 Å². The van der Waals surface area contributed by atoms with Crippen molar-refractivity contribution < 1.29 is 4.79 Å². The van der Waals surface area contributed by atoms with Crippen molar-refractivity contribution in [1.29, 1.82) is 0 Å². The van der Waals surface area contributed by atoms with Crippen LogP contribution in [-0.2, 0) is 4.79 Å². The van der Waals surface area contributed by atoms with Gasteiger partial charge in [0.1, 0.15) is 0 Å². The summed E-state index contributed by atoms with van der Waals surface area (Å²) in [6, 6.07) is 8.23. The molecule has 106 valence electrons. The third-order valence-electron chi connectivity index (χ3n) is 3.63. The van der Waals surface area contributed by atoms with Gasteiger partial charge in [-0.15, -0.1) is 0 Å². The Kier molecular flexibility index (Phi) is 7.24. The van der Waals surface area contributed by atoms with Crippen LogP contribution in [0.3, 0.4) is 0 Å². The quantitative estimate of drug-likeness (QED) is 0.647. The lowest BCUT2D eigenvalue weighted by Crippen LogP contribution is -2.11. The number of unbranched alkanes of at least 4 members (excludes halogenated alkanes) is 3. The molecule has 1 atom stereocenters. The number of hydrogen-bond acceptors (Lipinski definition) is 1. The Bertz CT molecular complexity index is 369. The zero-order chi connectivity index (χ0) is 14.1. The molecule has 0 radical (unpaired) electrons. The van der Waals surface area contributed by atoms with Gasteiger partial charge >= 0.3 is 0 Å². The summed E-state index contributed by atoms with van der Waals surface area (Å²) < 4.78 is 0. The summed E-state index contributed by atoms with van der Waals surface area (Å²) in [5.41, 5.74) is 2.25. The van der Waals surface area contributed by atoms with E-state index in [1.54, 1.807) is 0 Å². The van der Waals surface area contributed by atoms with E-state index in [0.717, 1.165) is 24.9 Å². The van der Waals surface area contributed by atoms with Gasteiger partial charge in [-0.25, -0.2) is 0 Å². The Balaban J connectivity index is 2.38. The van der Waals surface area contributed by atoms with Crippen LogP contribution in [0.25, 0.3) is 0 Å². The molecule has 1 N–H and O–H groups in total. The second kappa shape index (κ2) is 8.73. The lowest BCUT2D eigenvalue weighted by Gasteiger charge is -2.10. The first-order valence-electron chi connectivity index (χ1n) is 7.57. The van der Waals surface area contributed by atoms with Gasteiger partial charge in [0, 0.05) is 12.1 Å². The molecule has 0 bridgehead atoms. The molecule has 0 aliphatic carbocycles. The first-order valence-corrected chi connectivity index (χ1v) is 7.57. The minimum absolute atomic E-state index is 0.132. The molecule has 1 aromatic carbocycles. The molecule has 0 saturated heterocycles. The van der Waals surface area contributed by atoms with E-state index >= 15 is 0 Å². The largest absolute Gasteiger partial charge is 0.326 e. The van der Waals surface area contributed by atoms with E-state index in [1.807, 2.05) is 12.1 Å². The molecule has 0 aromatic heterocycles. The molecule has 1 rings (SSSR count). The van der Waals surface area contributed by atoms with Crippen LogP contribution in [0.2, 0.25) is 0 Å². The number of hydrogen-bond donors (Lipinski definition) is 1. The van der Waals surface area contributed by atoms with Crippen LogP contribution in [0.1, 0.15) is 70.8 Å². The van der Waals surface area contributed by atoms with Crippen molar-refractivity contribution in [3.8, 4) is 0 Å². The van der Waals surface area contributed by atoms with Crippen LogP contribution in [0.4, 0.5) is 5.69 Å². The zero-order valence-electron chi connectivity index (χ0n) is 12.5. The Hall–Kier alpha value is -1.31. The van der Waals surface area contributed by atoms with E-state index in [2.05, 4.69) is 38.2 Å². The van der Waals surface area contributed by atoms with Gasteiger partial charge in [0.05, 0.1) is 0 Å². The van der Waals surface area contributed by atoms with E-state index in [1.165, 1.54) is 18.4 Å². The molecule has 0 saturated carbocycles. The second-order valence-corrected chi connectivity index (χ2v) is 5.29. The van der Waals surface area contributed by atoms with E-state index < -0.39 is 0 Å². The van der Waals surface area contributed by atoms with E-state index in [0.29, 0.717) is 12.3 Å². The topological polar surface area (TPSA) is 29.1 Å². The average Bonchev–Trinajstić information content (AvgIpc) is 2.43. The van der Waals surface area contributed by atoms with Crippen LogP contribution in [0.15, 0.2) is 24.3 Å². The Labute approximate surface area is 117 Å². The van der Waals surface area contributed by atoms with Gasteiger partial charge in [-0.05, 0) is 36.5 Å². The Morgan fingerprint density at radius 2 is 1.79 bits per heavy atom. The molecule has 1 amide bonds. The highest BCUT2D eigenvalue weighted by atomic mass is 16.1. The Morgan fingerprint density at radius 3 is 2.37 bits per heavy atom. The maximum atomic E-state index is 11.7. The number of rotatable bonds is 8. The summed E-state index contributed by atoms with van der Waals surface area (Å²) in [5.74, 6) is 0.714. The van der Waals surface area contributed by atoms with Gasteiger partial charge in [0.2, 0.25) is 5.91 Å². The third kappa shape index (κ3) is 5.91. The maximum Gasteiger partial charge on any atom is 0.224 e. The second-order valence-electron chi connectivity index (χ2n) is 5.29. The zero-order valence-corrected chi connectivity index (χ0v) is 12.5. The lowest BCUT2D eigenvalue weighted by molar-refractivity contribution is -0.116. The summed E-state index contributed by atoms with van der Waals surface area (Å²) in [6.45, 7) is 6.59.